The molecule has 0 aliphatic heterocycles. The topological polar surface area (TPSA) is 43.4 Å². The lowest BCUT2D eigenvalue weighted by Crippen LogP contribution is -2.07. The highest BCUT2D eigenvalue weighted by Gasteiger charge is 2.09. The molecule has 0 amide bonds. The summed E-state index contributed by atoms with van der Waals surface area (Å²) in [4.78, 5) is 21.3. The van der Waals surface area contributed by atoms with Gasteiger partial charge in [0, 0.05) is 11.5 Å². The molecule has 0 radical (unpaired) electrons. The lowest BCUT2D eigenvalue weighted by atomic mass is 9.95. The van der Waals surface area contributed by atoms with E-state index in [1.165, 1.54) is 6.08 Å². The molecule has 0 saturated carbocycles. The van der Waals surface area contributed by atoms with Crippen LogP contribution in [0.3, 0.4) is 0 Å². The number of esters is 1. The molecule has 0 aromatic heterocycles. The number of carbonyl (C=O) groups excluding carboxylic acids is 2. The van der Waals surface area contributed by atoms with E-state index in [9.17, 15) is 9.59 Å². The summed E-state index contributed by atoms with van der Waals surface area (Å²) < 4.78 is 4.67. The van der Waals surface area contributed by atoms with Crippen molar-refractivity contribution < 1.29 is 14.3 Å². The predicted molar refractivity (Wildman–Crippen MR) is 54.8 cm³/mol. The van der Waals surface area contributed by atoms with Crippen molar-refractivity contribution in [3.8, 4) is 0 Å². The minimum atomic E-state index is -0.487. The quantitative estimate of drug-likeness (QED) is 0.292. The molecule has 0 fully saturated rings. The zero-order chi connectivity index (χ0) is 11.0. The number of carbonyl (C=O) groups is 2. The van der Waals surface area contributed by atoms with Gasteiger partial charge in [0.15, 0.2) is 0 Å². The second kappa shape index (κ2) is 6.13. The van der Waals surface area contributed by atoms with Crippen LogP contribution < -0.4 is 0 Å². The van der Waals surface area contributed by atoms with Crippen molar-refractivity contribution in [3.05, 3.63) is 24.3 Å². The Morgan fingerprint density at radius 1 is 1.36 bits per heavy atom. The summed E-state index contributed by atoms with van der Waals surface area (Å²) in [7, 11) is 0. The van der Waals surface area contributed by atoms with Gasteiger partial charge < -0.3 is 9.53 Å². The van der Waals surface area contributed by atoms with Gasteiger partial charge in [-0.15, -0.1) is 0 Å². The van der Waals surface area contributed by atoms with Crippen LogP contribution in [-0.2, 0) is 14.3 Å². The first-order valence-corrected chi connectivity index (χ1v) is 4.51. The summed E-state index contributed by atoms with van der Waals surface area (Å²) in [5.74, 6) is -0.374. The summed E-state index contributed by atoms with van der Waals surface area (Å²) in [6, 6.07) is 0. The molecule has 0 aliphatic rings. The monoisotopic (exact) mass is 196 g/mol. The second-order valence-electron chi connectivity index (χ2n) is 3.41. The Labute approximate surface area is 84.4 Å². The van der Waals surface area contributed by atoms with E-state index in [-0.39, 0.29) is 5.97 Å². The number of aldehydes is 1. The fraction of sp³-hybridized carbons (Fsp3) is 0.455. The Bertz CT molecular complexity index is 249. The van der Waals surface area contributed by atoms with Gasteiger partial charge in [-0.3, -0.25) is 0 Å². The van der Waals surface area contributed by atoms with Crippen molar-refractivity contribution in [2.45, 2.75) is 20.8 Å². The third-order valence-electron chi connectivity index (χ3n) is 1.46. The smallest absolute Gasteiger partial charge is 0.330 e. The highest BCUT2D eigenvalue weighted by molar-refractivity contribution is 5.82. The molecular formula is C11H16O3. The molecule has 0 rings (SSSR count). The van der Waals surface area contributed by atoms with Gasteiger partial charge in [-0.1, -0.05) is 18.2 Å². The van der Waals surface area contributed by atoms with Gasteiger partial charge in [-0.05, 0) is 20.8 Å². The van der Waals surface area contributed by atoms with Crippen molar-refractivity contribution in [1.29, 1.82) is 0 Å². The zero-order valence-corrected chi connectivity index (χ0v) is 8.82. The lowest BCUT2D eigenvalue weighted by Gasteiger charge is -2.07. The minimum Gasteiger partial charge on any atom is -0.463 e. The van der Waals surface area contributed by atoms with Gasteiger partial charge in [-0.25, -0.2) is 4.79 Å². The molecule has 0 spiro atoms. The van der Waals surface area contributed by atoms with Gasteiger partial charge in [0.2, 0.25) is 0 Å². The van der Waals surface area contributed by atoms with Gasteiger partial charge in [0.1, 0.15) is 6.29 Å². The highest BCUT2D eigenvalue weighted by atomic mass is 16.5. The number of ether oxygens (including phenoxy) is 1. The molecule has 0 saturated heterocycles. The average molecular weight is 196 g/mol. The van der Waals surface area contributed by atoms with Crippen LogP contribution in [0.4, 0.5) is 0 Å². The molecular weight excluding hydrogens is 180 g/mol. The number of allylic oxidation sites excluding steroid dienone is 3. The van der Waals surface area contributed by atoms with E-state index in [0.29, 0.717) is 6.61 Å². The number of hydrogen-bond donors (Lipinski definition) is 0. The fourth-order valence-electron chi connectivity index (χ4n) is 0.667. The van der Waals surface area contributed by atoms with E-state index in [1.807, 2.05) is 0 Å². The molecule has 0 aromatic carbocycles. The summed E-state index contributed by atoms with van der Waals surface area (Å²) in [6.07, 6.45) is 7.10. The first kappa shape index (κ1) is 12.6. The molecule has 0 aromatic rings. The van der Waals surface area contributed by atoms with Crippen LogP contribution in [-0.4, -0.2) is 18.9 Å². The Hall–Kier alpha value is -1.38. The van der Waals surface area contributed by atoms with Gasteiger partial charge in [0.05, 0.1) is 6.61 Å². The molecule has 0 bridgehead atoms. The third kappa shape index (κ3) is 6.17. The van der Waals surface area contributed by atoms with Crippen LogP contribution in [0.5, 0.6) is 0 Å². The van der Waals surface area contributed by atoms with Crippen molar-refractivity contribution in [2.75, 3.05) is 6.61 Å². The van der Waals surface area contributed by atoms with Crippen LogP contribution in [0.1, 0.15) is 20.8 Å². The third-order valence-corrected chi connectivity index (χ3v) is 1.46. The Kier molecular flexibility index (Phi) is 5.53. The Balaban J connectivity index is 4.04. The van der Waals surface area contributed by atoms with E-state index in [0.717, 1.165) is 6.29 Å². The van der Waals surface area contributed by atoms with Crippen molar-refractivity contribution >= 4 is 12.3 Å². The van der Waals surface area contributed by atoms with Crippen LogP contribution in [0, 0.1) is 5.41 Å². The maximum atomic E-state index is 10.8. The molecule has 14 heavy (non-hydrogen) atoms. The molecule has 0 N–H and O–H groups in total. The van der Waals surface area contributed by atoms with Crippen LogP contribution in [0.15, 0.2) is 24.3 Å². The van der Waals surface area contributed by atoms with Crippen LogP contribution >= 0.6 is 0 Å². The number of rotatable bonds is 5. The Morgan fingerprint density at radius 2 is 2.00 bits per heavy atom. The van der Waals surface area contributed by atoms with Gasteiger partial charge in [0.25, 0.3) is 0 Å². The minimum absolute atomic E-state index is 0.368. The summed E-state index contributed by atoms with van der Waals surface area (Å²) >= 11 is 0. The van der Waals surface area contributed by atoms with Crippen LogP contribution in [0.25, 0.3) is 0 Å². The SMILES string of the molecule is CCOC(=O)/C=C/C=C/C(C)(C)C=O. The first-order valence-electron chi connectivity index (χ1n) is 4.51. The molecule has 0 unspecified atom stereocenters. The number of hydrogen-bond acceptors (Lipinski definition) is 3. The van der Waals surface area contributed by atoms with Crippen molar-refractivity contribution in [1.82, 2.24) is 0 Å². The molecule has 0 atom stereocenters. The largest absolute Gasteiger partial charge is 0.463 e. The summed E-state index contributed by atoms with van der Waals surface area (Å²) in [5, 5.41) is 0. The summed E-state index contributed by atoms with van der Waals surface area (Å²) in [6.45, 7) is 5.69. The molecule has 78 valence electrons. The first-order chi connectivity index (χ1) is 6.52. The molecule has 3 heteroatoms. The second-order valence-corrected chi connectivity index (χ2v) is 3.41. The molecule has 0 aliphatic carbocycles. The highest BCUT2D eigenvalue weighted by Crippen LogP contribution is 2.12. The van der Waals surface area contributed by atoms with E-state index in [4.69, 9.17) is 0 Å². The molecule has 0 heterocycles. The zero-order valence-electron chi connectivity index (χ0n) is 8.82. The Morgan fingerprint density at radius 3 is 2.50 bits per heavy atom. The van der Waals surface area contributed by atoms with Crippen molar-refractivity contribution in [3.63, 3.8) is 0 Å². The van der Waals surface area contributed by atoms with Crippen molar-refractivity contribution in [2.24, 2.45) is 5.41 Å². The van der Waals surface area contributed by atoms with E-state index in [2.05, 4.69) is 4.74 Å². The van der Waals surface area contributed by atoms with E-state index >= 15 is 0 Å². The van der Waals surface area contributed by atoms with Gasteiger partial charge in [-0.2, -0.15) is 0 Å². The average Bonchev–Trinajstić information content (AvgIpc) is 2.13. The fourth-order valence-corrected chi connectivity index (χ4v) is 0.667. The maximum absolute atomic E-state index is 10.8. The maximum Gasteiger partial charge on any atom is 0.330 e. The van der Waals surface area contributed by atoms with Gasteiger partial charge >= 0.3 is 5.97 Å². The van der Waals surface area contributed by atoms with E-state index in [1.54, 1.807) is 39.0 Å². The van der Waals surface area contributed by atoms with E-state index < -0.39 is 5.41 Å². The summed E-state index contributed by atoms with van der Waals surface area (Å²) in [5.41, 5.74) is -0.487. The van der Waals surface area contributed by atoms with Crippen LogP contribution in [0.2, 0.25) is 0 Å². The standard InChI is InChI=1S/C11H16O3/c1-4-14-10(13)7-5-6-8-11(2,3)9-12/h5-9H,4H2,1-3H3/b7-5+,8-6+. The molecule has 3 nitrogen and oxygen atoms in total. The lowest BCUT2D eigenvalue weighted by molar-refractivity contribution is -0.137. The normalized spacial score (nSPS) is 12.2. The predicted octanol–water partition coefficient (Wildman–Crippen LogP) is 1.89.